The Balaban J connectivity index is 2.03. The summed E-state index contributed by atoms with van der Waals surface area (Å²) in [5.41, 5.74) is 6.95. The molecule has 0 radical (unpaired) electrons. The van der Waals surface area contributed by atoms with Gasteiger partial charge in [-0.05, 0) is 57.0 Å². The summed E-state index contributed by atoms with van der Waals surface area (Å²) in [5.74, 6) is -0.0452. The number of carbonyl (C=O) groups excluding carboxylic acids is 1. The van der Waals surface area contributed by atoms with Crippen LogP contribution in [0.4, 0.5) is 0 Å². The second-order valence-electron chi connectivity index (χ2n) is 6.53. The van der Waals surface area contributed by atoms with Crippen molar-refractivity contribution in [3.63, 3.8) is 0 Å². The van der Waals surface area contributed by atoms with E-state index in [0.29, 0.717) is 15.8 Å². The van der Waals surface area contributed by atoms with E-state index < -0.39 is 0 Å². The third-order valence-corrected chi connectivity index (χ3v) is 5.91. The predicted octanol–water partition coefficient (Wildman–Crippen LogP) is 5.10. The fraction of sp³-hybridized carbons (Fsp3) is 0.238. The minimum Gasteiger partial charge on any atom is -0.318 e. The number of aromatic nitrogens is 1. The number of rotatable bonds is 4. The molecule has 0 saturated carbocycles. The summed E-state index contributed by atoms with van der Waals surface area (Å²) in [6.45, 7) is 12.5. The van der Waals surface area contributed by atoms with E-state index in [1.807, 2.05) is 6.08 Å². The molecule has 3 rings (SSSR count). The van der Waals surface area contributed by atoms with Gasteiger partial charge in [0.05, 0.1) is 4.91 Å². The fourth-order valence-corrected chi connectivity index (χ4v) is 4.55. The minimum absolute atomic E-state index is 0.0452. The average Bonchev–Trinajstić information content (AvgIpc) is 2.99. The summed E-state index contributed by atoms with van der Waals surface area (Å²) in [6.07, 6.45) is 3.64. The first-order valence-corrected chi connectivity index (χ1v) is 9.68. The van der Waals surface area contributed by atoms with Crippen LogP contribution in [-0.4, -0.2) is 26.2 Å². The molecular weight excluding hydrogens is 360 g/mol. The molecular formula is C21H22N2OS2. The quantitative estimate of drug-likeness (QED) is 0.418. The van der Waals surface area contributed by atoms with Crippen molar-refractivity contribution < 1.29 is 4.79 Å². The van der Waals surface area contributed by atoms with E-state index in [1.165, 1.54) is 28.6 Å². The molecule has 0 spiro atoms. The van der Waals surface area contributed by atoms with Crippen LogP contribution in [0.1, 0.15) is 28.1 Å². The number of hydrogen-bond acceptors (Lipinski definition) is 3. The molecule has 3 nitrogen and oxygen atoms in total. The molecule has 5 heteroatoms. The molecule has 1 amide bonds. The molecule has 1 aromatic carbocycles. The third kappa shape index (κ3) is 3.29. The molecule has 1 saturated heterocycles. The van der Waals surface area contributed by atoms with Gasteiger partial charge < -0.3 is 4.57 Å². The molecule has 2 heterocycles. The van der Waals surface area contributed by atoms with Crippen LogP contribution in [0.25, 0.3) is 11.8 Å². The van der Waals surface area contributed by atoms with Crippen LogP contribution in [0.2, 0.25) is 0 Å². The van der Waals surface area contributed by atoms with Gasteiger partial charge in [-0.3, -0.25) is 9.69 Å². The Hall–Kier alpha value is -2.11. The van der Waals surface area contributed by atoms with Crippen molar-refractivity contribution in [2.45, 2.75) is 27.7 Å². The lowest BCUT2D eigenvalue weighted by Gasteiger charge is -2.13. The van der Waals surface area contributed by atoms with Crippen LogP contribution in [0.5, 0.6) is 0 Å². The SMILES string of the molecule is C=CCN1C(=O)/C(=C/c2cc(C)n(-c3ccc(C)cc3C)c2C)SC1=S. The van der Waals surface area contributed by atoms with E-state index >= 15 is 0 Å². The summed E-state index contributed by atoms with van der Waals surface area (Å²) < 4.78 is 2.83. The van der Waals surface area contributed by atoms with Crippen LogP contribution in [0.15, 0.2) is 41.8 Å². The van der Waals surface area contributed by atoms with Crippen LogP contribution >= 0.6 is 24.0 Å². The number of nitrogens with zero attached hydrogens (tertiary/aromatic N) is 2. The highest BCUT2D eigenvalue weighted by Gasteiger charge is 2.31. The molecule has 1 aromatic heterocycles. The molecule has 0 unspecified atom stereocenters. The number of amides is 1. The van der Waals surface area contributed by atoms with Gasteiger partial charge >= 0.3 is 0 Å². The van der Waals surface area contributed by atoms with Crippen molar-refractivity contribution >= 4 is 40.3 Å². The van der Waals surface area contributed by atoms with Gasteiger partial charge in [-0.1, -0.05) is 47.8 Å². The van der Waals surface area contributed by atoms with Gasteiger partial charge in [0.2, 0.25) is 0 Å². The van der Waals surface area contributed by atoms with Gasteiger partial charge in [0, 0.05) is 23.6 Å². The van der Waals surface area contributed by atoms with E-state index in [0.717, 1.165) is 17.0 Å². The fourth-order valence-electron chi connectivity index (χ4n) is 3.29. The first kappa shape index (κ1) is 18.7. The van der Waals surface area contributed by atoms with Crippen molar-refractivity contribution in [1.82, 2.24) is 9.47 Å². The largest absolute Gasteiger partial charge is 0.318 e. The zero-order valence-electron chi connectivity index (χ0n) is 15.5. The third-order valence-electron chi connectivity index (χ3n) is 4.54. The number of thioether (sulfide) groups is 1. The maximum Gasteiger partial charge on any atom is 0.266 e. The van der Waals surface area contributed by atoms with Gasteiger partial charge in [0.1, 0.15) is 4.32 Å². The Bertz CT molecular complexity index is 953. The van der Waals surface area contributed by atoms with E-state index in [1.54, 1.807) is 11.0 Å². The highest BCUT2D eigenvalue weighted by atomic mass is 32.2. The summed E-state index contributed by atoms with van der Waals surface area (Å²) in [7, 11) is 0. The Morgan fingerprint density at radius 1 is 1.19 bits per heavy atom. The predicted molar refractivity (Wildman–Crippen MR) is 115 cm³/mol. The molecule has 2 aromatic rings. The van der Waals surface area contributed by atoms with E-state index in [9.17, 15) is 4.79 Å². The van der Waals surface area contributed by atoms with Gasteiger partial charge in [0.15, 0.2) is 0 Å². The highest BCUT2D eigenvalue weighted by Crippen LogP contribution is 2.34. The van der Waals surface area contributed by atoms with E-state index in [4.69, 9.17) is 12.2 Å². The molecule has 1 aliphatic rings. The van der Waals surface area contributed by atoms with Crippen molar-refractivity contribution in [3.8, 4) is 5.69 Å². The number of thiocarbonyl (C=S) groups is 1. The highest BCUT2D eigenvalue weighted by molar-refractivity contribution is 8.26. The van der Waals surface area contributed by atoms with Crippen LogP contribution < -0.4 is 0 Å². The second-order valence-corrected chi connectivity index (χ2v) is 8.21. The Kier molecular flexibility index (Phi) is 5.21. The lowest BCUT2D eigenvalue weighted by molar-refractivity contribution is -0.121. The Morgan fingerprint density at radius 3 is 2.58 bits per heavy atom. The van der Waals surface area contributed by atoms with Gasteiger partial charge in [0.25, 0.3) is 5.91 Å². The molecule has 0 bridgehead atoms. The van der Waals surface area contributed by atoms with Gasteiger partial charge in [-0.15, -0.1) is 6.58 Å². The molecule has 0 atom stereocenters. The monoisotopic (exact) mass is 382 g/mol. The molecule has 0 aliphatic carbocycles. The number of carbonyl (C=O) groups is 1. The van der Waals surface area contributed by atoms with Crippen LogP contribution in [-0.2, 0) is 4.79 Å². The minimum atomic E-state index is -0.0452. The molecule has 0 N–H and O–H groups in total. The average molecular weight is 383 g/mol. The van der Waals surface area contributed by atoms with Crippen molar-refractivity contribution in [2.75, 3.05) is 6.54 Å². The van der Waals surface area contributed by atoms with E-state index in [-0.39, 0.29) is 5.91 Å². The van der Waals surface area contributed by atoms with Gasteiger partial charge in [-0.2, -0.15) is 0 Å². The lowest BCUT2D eigenvalue weighted by Crippen LogP contribution is -2.27. The van der Waals surface area contributed by atoms with Crippen LogP contribution in [0, 0.1) is 27.7 Å². The second kappa shape index (κ2) is 7.25. The molecule has 134 valence electrons. The van der Waals surface area contributed by atoms with Crippen molar-refractivity contribution in [2.24, 2.45) is 0 Å². The summed E-state index contributed by atoms with van der Waals surface area (Å²) >= 11 is 6.67. The Labute approximate surface area is 164 Å². The first-order chi connectivity index (χ1) is 12.3. The van der Waals surface area contributed by atoms with Crippen LogP contribution in [0.3, 0.4) is 0 Å². The summed E-state index contributed by atoms with van der Waals surface area (Å²) in [4.78, 5) is 14.8. The first-order valence-electron chi connectivity index (χ1n) is 8.46. The molecule has 1 fully saturated rings. The lowest BCUT2D eigenvalue weighted by atomic mass is 10.1. The smallest absolute Gasteiger partial charge is 0.266 e. The number of hydrogen-bond donors (Lipinski definition) is 0. The van der Waals surface area contributed by atoms with Crippen molar-refractivity contribution in [1.29, 1.82) is 0 Å². The van der Waals surface area contributed by atoms with Gasteiger partial charge in [-0.25, -0.2) is 0 Å². The maximum absolute atomic E-state index is 12.6. The molecule has 26 heavy (non-hydrogen) atoms. The summed E-state index contributed by atoms with van der Waals surface area (Å²) in [6, 6.07) is 8.59. The Morgan fingerprint density at radius 2 is 1.92 bits per heavy atom. The molecule has 1 aliphatic heterocycles. The zero-order chi connectivity index (χ0) is 19.0. The van der Waals surface area contributed by atoms with E-state index in [2.05, 4.69) is 63.1 Å². The number of benzene rings is 1. The normalized spacial score (nSPS) is 16.0. The summed E-state index contributed by atoms with van der Waals surface area (Å²) in [5, 5.41) is 0. The maximum atomic E-state index is 12.6. The zero-order valence-corrected chi connectivity index (χ0v) is 17.1. The topological polar surface area (TPSA) is 25.2 Å². The van der Waals surface area contributed by atoms with Crippen molar-refractivity contribution in [3.05, 3.63) is 69.9 Å². The number of aryl methyl sites for hydroxylation is 3. The standard InChI is InChI=1S/C21H22N2OS2/c1-6-9-22-20(24)19(26-21(22)25)12-17-11-15(4)23(16(17)5)18-8-7-13(2)10-14(18)3/h6-8,10-12H,1,9H2,2-5H3/b19-12-.